The molecule has 11 heavy (non-hydrogen) atoms. The van der Waals surface area contributed by atoms with Gasteiger partial charge in [0, 0.05) is 33.5 Å². The fourth-order valence-corrected chi connectivity index (χ4v) is 5.91. The van der Waals surface area contributed by atoms with Crippen molar-refractivity contribution in [1.29, 1.82) is 0 Å². The normalized spacial score (nSPS) is 32.2. The van der Waals surface area contributed by atoms with Crippen LogP contribution < -0.4 is 0 Å². The lowest BCUT2D eigenvalue weighted by Crippen LogP contribution is -2.23. The summed E-state index contributed by atoms with van der Waals surface area (Å²) in [7, 11) is 1.66. The van der Waals surface area contributed by atoms with E-state index in [0.29, 0.717) is 0 Å². The molecule has 1 aliphatic rings. The van der Waals surface area contributed by atoms with Crippen LogP contribution in [0.3, 0.4) is 0 Å². The summed E-state index contributed by atoms with van der Waals surface area (Å²) in [6, 6.07) is 0. The Hall–Kier alpha value is 1.75. The lowest BCUT2D eigenvalue weighted by atomic mass is 10.5. The minimum Gasteiger partial charge on any atom is -0.178 e. The van der Waals surface area contributed by atoms with E-state index in [1.54, 1.807) is 10.8 Å². The number of thioether (sulfide) groups is 2. The molecular weight excluding hydrogens is 232 g/mol. The predicted octanol–water partition coefficient (Wildman–Crippen LogP) is 2.71. The molecular formula is C6H12S5. The SMILES string of the molecule is SCC1CSC(CSS)CS1. The molecule has 0 aromatic heterocycles. The minimum absolute atomic E-state index is 0.782. The molecule has 0 N–H and O–H groups in total. The second kappa shape index (κ2) is 6.24. The molecule has 0 spiro atoms. The average molecular weight is 244 g/mol. The molecule has 0 bridgehead atoms. The van der Waals surface area contributed by atoms with E-state index in [2.05, 4.69) is 47.8 Å². The summed E-state index contributed by atoms with van der Waals surface area (Å²) in [6.45, 7) is 0. The first-order valence-corrected chi connectivity index (χ1v) is 8.24. The van der Waals surface area contributed by atoms with Gasteiger partial charge in [-0.3, -0.25) is 0 Å². The fourth-order valence-electron chi connectivity index (χ4n) is 0.868. The zero-order valence-corrected chi connectivity index (χ0v) is 10.3. The van der Waals surface area contributed by atoms with E-state index in [4.69, 9.17) is 0 Å². The molecule has 1 aliphatic heterocycles. The molecule has 1 heterocycles. The smallest absolute Gasteiger partial charge is 0.0237 e. The fraction of sp³-hybridized carbons (Fsp3) is 1.00. The van der Waals surface area contributed by atoms with Crippen LogP contribution in [0.2, 0.25) is 0 Å². The number of hydrogen-bond donors (Lipinski definition) is 2. The lowest BCUT2D eigenvalue weighted by molar-refractivity contribution is 1.06. The molecule has 1 saturated heterocycles. The molecule has 0 nitrogen and oxygen atoms in total. The Bertz CT molecular complexity index is 99.1. The summed E-state index contributed by atoms with van der Waals surface area (Å²) < 4.78 is 0. The Labute approximate surface area is 91.6 Å². The zero-order chi connectivity index (χ0) is 8.10. The molecule has 2 atom stereocenters. The van der Waals surface area contributed by atoms with Crippen molar-refractivity contribution in [2.45, 2.75) is 10.5 Å². The van der Waals surface area contributed by atoms with Crippen LogP contribution in [-0.2, 0) is 0 Å². The molecule has 0 aromatic carbocycles. The molecule has 0 radical (unpaired) electrons. The topological polar surface area (TPSA) is 0 Å². The zero-order valence-electron chi connectivity index (χ0n) is 6.10. The molecule has 0 aliphatic carbocycles. The Kier molecular flexibility index (Phi) is 6.14. The predicted molar refractivity (Wildman–Crippen MR) is 67.8 cm³/mol. The number of hydrogen-bond acceptors (Lipinski definition) is 5. The highest BCUT2D eigenvalue weighted by Gasteiger charge is 2.20. The van der Waals surface area contributed by atoms with Gasteiger partial charge in [-0.05, 0) is 0 Å². The Balaban J connectivity index is 2.14. The molecule has 5 heteroatoms. The van der Waals surface area contributed by atoms with Crippen LogP contribution in [-0.4, -0.2) is 33.5 Å². The molecule has 1 rings (SSSR count). The van der Waals surface area contributed by atoms with Gasteiger partial charge < -0.3 is 0 Å². The van der Waals surface area contributed by atoms with Crippen LogP contribution in [0.4, 0.5) is 0 Å². The van der Waals surface area contributed by atoms with E-state index < -0.39 is 0 Å². The third-order valence-electron chi connectivity index (χ3n) is 1.50. The van der Waals surface area contributed by atoms with Crippen molar-refractivity contribution in [3.05, 3.63) is 0 Å². The van der Waals surface area contributed by atoms with E-state index in [1.165, 1.54) is 17.3 Å². The summed E-state index contributed by atoms with van der Waals surface area (Å²) in [5, 5.41) is 1.60. The summed E-state index contributed by atoms with van der Waals surface area (Å²) in [6.07, 6.45) is 0. The summed E-state index contributed by atoms with van der Waals surface area (Å²) in [4.78, 5) is 0. The van der Waals surface area contributed by atoms with E-state index in [9.17, 15) is 0 Å². The Morgan fingerprint density at radius 2 is 1.91 bits per heavy atom. The standard InChI is InChI=1S/C6H12S5/c7-1-5-2-10-6(3-9-5)4-11-8/h5-8H,1-4H2. The van der Waals surface area contributed by atoms with Crippen molar-refractivity contribution >= 4 is 58.6 Å². The van der Waals surface area contributed by atoms with Crippen molar-refractivity contribution in [2.75, 3.05) is 23.0 Å². The highest BCUT2D eigenvalue weighted by molar-refractivity contribution is 8.68. The maximum Gasteiger partial charge on any atom is 0.0237 e. The van der Waals surface area contributed by atoms with Crippen LogP contribution in [0.5, 0.6) is 0 Å². The molecule has 66 valence electrons. The molecule has 1 fully saturated rings. The second-order valence-corrected chi connectivity index (χ2v) is 6.79. The maximum atomic E-state index is 4.29. The van der Waals surface area contributed by atoms with Crippen molar-refractivity contribution in [2.24, 2.45) is 0 Å². The maximum absolute atomic E-state index is 4.29. The Morgan fingerprint density at radius 3 is 2.36 bits per heavy atom. The van der Waals surface area contributed by atoms with Gasteiger partial charge in [0.25, 0.3) is 0 Å². The van der Waals surface area contributed by atoms with Crippen LogP contribution in [0.15, 0.2) is 0 Å². The molecule has 2 unspecified atom stereocenters. The van der Waals surface area contributed by atoms with E-state index in [1.807, 2.05) is 0 Å². The monoisotopic (exact) mass is 244 g/mol. The van der Waals surface area contributed by atoms with Crippen LogP contribution >= 0.6 is 58.6 Å². The second-order valence-electron chi connectivity index (χ2n) is 2.39. The van der Waals surface area contributed by atoms with Crippen molar-refractivity contribution in [3.63, 3.8) is 0 Å². The van der Waals surface area contributed by atoms with Gasteiger partial charge in [-0.25, -0.2) is 0 Å². The first kappa shape index (κ1) is 10.8. The number of thiol groups is 2. The van der Waals surface area contributed by atoms with E-state index in [0.717, 1.165) is 16.3 Å². The molecule has 0 amide bonds. The van der Waals surface area contributed by atoms with Gasteiger partial charge in [0.15, 0.2) is 0 Å². The third kappa shape index (κ3) is 3.98. The van der Waals surface area contributed by atoms with Gasteiger partial charge in [-0.2, -0.15) is 36.2 Å². The minimum atomic E-state index is 0.782. The van der Waals surface area contributed by atoms with Crippen LogP contribution in [0.1, 0.15) is 0 Å². The Morgan fingerprint density at radius 1 is 1.27 bits per heavy atom. The summed E-state index contributed by atoms with van der Waals surface area (Å²) in [5.74, 6) is 4.76. The lowest BCUT2D eigenvalue weighted by Gasteiger charge is -2.25. The highest BCUT2D eigenvalue weighted by atomic mass is 33.1. The van der Waals surface area contributed by atoms with E-state index >= 15 is 0 Å². The average Bonchev–Trinajstić information content (AvgIpc) is 2.07. The molecule has 0 aromatic rings. The van der Waals surface area contributed by atoms with Crippen molar-refractivity contribution in [3.8, 4) is 0 Å². The highest BCUT2D eigenvalue weighted by Crippen LogP contribution is 2.32. The molecule has 0 saturated carbocycles. The quantitative estimate of drug-likeness (QED) is 0.579. The van der Waals surface area contributed by atoms with Crippen LogP contribution in [0.25, 0.3) is 0 Å². The van der Waals surface area contributed by atoms with E-state index in [-0.39, 0.29) is 0 Å². The van der Waals surface area contributed by atoms with Gasteiger partial charge in [-0.15, -0.1) is 11.7 Å². The van der Waals surface area contributed by atoms with Gasteiger partial charge in [0.05, 0.1) is 0 Å². The van der Waals surface area contributed by atoms with Gasteiger partial charge in [0.2, 0.25) is 0 Å². The first-order chi connectivity index (χ1) is 5.36. The van der Waals surface area contributed by atoms with Crippen LogP contribution in [0, 0.1) is 0 Å². The number of rotatable bonds is 3. The summed E-state index contributed by atoms with van der Waals surface area (Å²) >= 11 is 12.6. The van der Waals surface area contributed by atoms with Gasteiger partial charge >= 0.3 is 0 Å². The largest absolute Gasteiger partial charge is 0.178 e. The van der Waals surface area contributed by atoms with Gasteiger partial charge in [-0.1, -0.05) is 10.8 Å². The van der Waals surface area contributed by atoms with Crippen molar-refractivity contribution < 1.29 is 0 Å². The van der Waals surface area contributed by atoms with Crippen molar-refractivity contribution in [1.82, 2.24) is 0 Å². The first-order valence-electron chi connectivity index (χ1n) is 3.47. The van der Waals surface area contributed by atoms with Gasteiger partial charge in [0.1, 0.15) is 0 Å². The summed E-state index contributed by atoms with van der Waals surface area (Å²) in [5.41, 5.74) is 0. The third-order valence-corrected chi connectivity index (χ3v) is 6.62.